The monoisotopic (exact) mass is 382 g/mol. The van der Waals surface area contributed by atoms with Crippen molar-refractivity contribution >= 4 is 35.6 Å². The van der Waals surface area contributed by atoms with E-state index in [-0.39, 0.29) is 29.8 Å². The maximum Gasteiger partial charge on any atom is 0.234 e. The molecule has 25 heavy (non-hydrogen) atoms. The highest BCUT2D eigenvalue weighted by Crippen LogP contribution is 2.29. The van der Waals surface area contributed by atoms with Crippen LogP contribution in [0.2, 0.25) is 5.02 Å². The Labute approximate surface area is 158 Å². The van der Waals surface area contributed by atoms with Gasteiger partial charge in [-0.25, -0.2) is 4.39 Å². The second-order valence-corrected chi connectivity index (χ2v) is 7.01. The number of nitrogens with one attached hydrogen (secondary N) is 2. The molecule has 3 rings (SSSR count). The Bertz CT molecular complexity index is 776. The fourth-order valence-corrected chi connectivity index (χ4v) is 3.03. The first-order chi connectivity index (χ1) is 11.4. The fraction of sp³-hybridized carbons (Fsp3) is 0.316. The van der Waals surface area contributed by atoms with Crippen molar-refractivity contribution in [3.8, 4) is 0 Å². The van der Waals surface area contributed by atoms with Gasteiger partial charge >= 0.3 is 0 Å². The molecule has 1 aliphatic rings. The quantitative estimate of drug-likeness (QED) is 0.822. The van der Waals surface area contributed by atoms with Crippen molar-refractivity contribution < 1.29 is 9.18 Å². The summed E-state index contributed by atoms with van der Waals surface area (Å²) < 4.78 is 14.7. The van der Waals surface area contributed by atoms with Gasteiger partial charge in [0.2, 0.25) is 5.91 Å². The second kappa shape index (κ2) is 7.73. The van der Waals surface area contributed by atoms with E-state index in [1.807, 2.05) is 32.0 Å². The highest BCUT2D eigenvalue weighted by molar-refractivity contribution is 6.30. The Morgan fingerprint density at radius 3 is 2.56 bits per heavy atom. The average molecular weight is 383 g/mol. The largest absolute Gasteiger partial charge is 0.323 e. The van der Waals surface area contributed by atoms with Crippen LogP contribution < -0.4 is 10.6 Å². The molecule has 6 heteroatoms. The van der Waals surface area contributed by atoms with E-state index in [4.69, 9.17) is 11.6 Å². The summed E-state index contributed by atoms with van der Waals surface area (Å²) >= 11 is 5.90. The van der Waals surface area contributed by atoms with Crippen molar-refractivity contribution in [2.45, 2.75) is 32.2 Å². The zero-order chi connectivity index (χ0) is 17.3. The average Bonchev–Trinajstić information content (AvgIpc) is 2.58. The standard InChI is InChI=1S/C19H20ClFN2O.ClH/c1-19(2,13-4-6-14(20)7-5-13)18(24)23-16-8-3-12-11-22-10-9-15(12)17(16)21;/h3-8,22H,9-11H2,1-2H3,(H,23,24);1H. The molecule has 2 aromatic rings. The first kappa shape index (κ1) is 19.7. The first-order valence-electron chi connectivity index (χ1n) is 7.98. The highest BCUT2D eigenvalue weighted by Gasteiger charge is 2.30. The predicted octanol–water partition coefficient (Wildman–Crippen LogP) is 4.46. The van der Waals surface area contributed by atoms with Crippen LogP contribution in [0.15, 0.2) is 36.4 Å². The Morgan fingerprint density at radius 2 is 1.88 bits per heavy atom. The van der Waals surface area contributed by atoms with Crippen LogP contribution in [0.1, 0.15) is 30.5 Å². The van der Waals surface area contributed by atoms with Gasteiger partial charge in [0.25, 0.3) is 0 Å². The molecule has 0 spiro atoms. The lowest BCUT2D eigenvalue weighted by Crippen LogP contribution is -2.35. The Kier molecular flexibility index (Phi) is 6.09. The number of rotatable bonds is 3. The van der Waals surface area contributed by atoms with Crippen LogP contribution in [0.5, 0.6) is 0 Å². The smallest absolute Gasteiger partial charge is 0.234 e. The summed E-state index contributed by atoms with van der Waals surface area (Å²) in [5.41, 5.74) is 1.91. The molecule has 1 amide bonds. The summed E-state index contributed by atoms with van der Waals surface area (Å²) in [6.07, 6.45) is 0.630. The molecule has 2 N–H and O–H groups in total. The van der Waals surface area contributed by atoms with Gasteiger partial charge in [-0.05, 0) is 61.7 Å². The van der Waals surface area contributed by atoms with Crippen molar-refractivity contribution in [3.63, 3.8) is 0 Å². The number of hydrogen-bond acceptors (Lipinski definition) is 2. The lowest BCUT2D eigenvalue weighted by molar-refractivity contribution is -0.120. The fourth-order valence-electron chi connectivity index (χ4n) is 2.91. The number of amides is 1. The molecule has 134 valence electrons. The molecule has 3 nitrogen and oxygen atoms in total. The van der Waals surface area contributed by atoms with Crippen molar-refractivity contribution in [3.05, 3.63) is 63.9 Å². The summed E-state index contributed by atoms with van der Waals surface area (Å²) in [6.45, 7) is 5.03. The molecule has 0 aliphatic carbocycles. The molecular weight excluding hydrogens is 362 g/mol. The normalized spacial score (nSPS) is 13.6. The number of benzene rings is 2. The molecule has 0 aromatic heterocycles. The number of carbonyl (C=O) groups excluding carboxylic acids is 1. The third kappa shape index (κ3) is 3.97. The zero-order valence-electron chi connectivity index (χ0n) is 14.2. The summed E-state index contributed by atoms with van der Waals surface area (Å²) in [7, 11) is 0. The molecule has 0 unspecified atom stereocenters. The van der Waals surface area contributed by atoms with Gasteiger partial charge in [0.1, 0.15) is 5.82 Å². The van der Waals surface area contributed by atoms with Gasteiger partial charge in [-0.15, -0.1) is 12.4 Å². The molecule has 0 bridgehead atoms. The van der Waals surface area contributed by atoms with Gasteiger partial charge in [-0.3, -0.25) is 4.79 Å². The summed E-state index contributed by atoms with van der Waals surface area (Å²) in [6, 6.07) is 10.6. The van der Waals surface area contributed by atoms with E-state index in [1.165, 1.54) is 0 Å². The summed E-state index contributed by atoms with van der Waals surface area (Å²) in [5, 5.41) is 6.58. The first-order valence-corrected chi connectivity index (χ1v) is 8.36. The Balaban J connectivity index is 0.00000225. The van der Waals surface area contributed by atoms with Gasteiger partial charge in [-0.1, -0.05) is 29.8 Å². The predicted molar refractivity (Wildman–Crippen MR) is 102 cm³/mol. The number of carbonyl (C=O) groups is 1. The van der Waals surface area contributed by atoms with Crippen LogP contribution in [0.3, 0.4) is 0 Å². The Hall–Kier alpha value is -1.62. The van der Waals surface area contributed by atoms with Crippen molar-refractivity contribution in [1.82, 2.24) is 5.32 Å². The Morgan fingerprint density at radius 1 is 1.20 bits per heavy atom. The molecule has 0 atom stereocenters. The molecule has 2 aromatic carbocycles. The van der Waals surface area contributed by atoms with Gasteiger partial charge < -0.3 is 10.6 Å². The van der Waals surface area contributed by atoms with Gasteiger partial charge in [0, 0.05) is 11.6 Å². The van der Waals surface area contributed by atoms with Crippen LogP contribution >= 0.6 is 24.0 Å². The van der Waals surface area contributed by atoms with Crippen LogP contribution in [0.25, 0.3) is 0 Å². The van der Waals surface area contributed by atoms with Crippen LogP contribution in [0.4, 0.5) is 10.1 Å². The molecule has 1 heterocycles. The molecule has 1 aliphatic heterocycles. The summed E-state index contributed by atoms with van der Waals surface area (Å²) in [4.78, 5) is 12.7. The number of anilines is 1. The minimum atomic E-state index is -0.797. The SMILES string of the molecule is CC(C)(C(=O)Nc1ccc2c(c1F)CCNC2)c1ccc(Cl)cc1.Cl. The molecule has 0 saturated carbocycles. The maximum absolute atomic E-state index is 14.7. The van der Waals surface area contributed by atoms with E-state index in [2.05, 4.69) is 10.6 Å². The molecule has 0 saturated heterocycles. The van der Waals surface area contributed by atoms with Gasteiger partial charge in [0.05, 0.1) is 11.1 Å². The lowest BCUT2D eigenvalue weighted by Gasteiger charge is -2.25. The van der Waals surface area contributed by atoms with E-state index < -0.39 is 5.41 Å². The van der Waals surface area contributed by atoms with E-state index in [1.54, 1.807) is 18.2 Å². The summed E-state index contributed by atoms with van der Waals surface area (Å²) in [5.74, 6) is -0.577. The molecule has 0 radical (unpaired) electrons. The van der Waals surface area contributed by atoms with Crippen molar-refractivity contribution in [1.29, 1.82) is 0 Å². The van der Waals surface area contributed by atoms with Crippen LogP contribution in [0, 0.1) is 5.82 Å². The van der Waals surface area contributed by atoms with Crippen LogP contribution in [-0.2, 0) is 23.2 Å². The van der Waals surface area contributed by atoms with E-state index in [0.29, 0.717) is 23.6 Å². The van der Waals surface area contributed by atoms with Crippen LogP contribution in [-0.4, -0.2) is 12.5 Å². The highest BCUT2D eigenvalue weighted by atomic mass is 35.5. The lowest BCUT2D eigenvalue weighted by atomic mass is 9.83. The number of fused-ring (bicyclic) bond motifs is 1. The van der Waals surface area contributed by atoms with E-state index in [9.17, 15) is 9.18 Å². The third-order valence-electron chi connectivity index (χ3n) is 4.59. The van der Waals surface area contributed by atoms with Crippen molar-refractivity contribution in [2.75, 3.05) is 11.9 Å². The topological polar surface area (TPSA) is 41.1 Å². The number of halogens is 3. The van der Waals surface area contributed by atoms with E-state index >= 15 is 0 Å². The minimum absolute atomic E-state index is 0. The van der Waals surface area contributed by atoms with Gasteiger partial charge in [0.15, 0.2) is 0 Å². The van der Waals surface area contributed by atoms with Crippen molar-refractivity contribution in [2.24, 2.45) is 0 Å². The van der Waals surface area contributed by atoms with Gasteiger partial charge in [-0.2, -0.15) is 0 Å². The molecule has 0 fully saturated rings. The molecular formula is C19H21Cl2FN2O. The second-order valence-electron chi connectivity index (χ2n) is 6.58. The maximum atomic E-state index is 14.7. The zero-order valence-corrected chi connectivity index (χ0v) is 15.7. The minimum Gasteiger partial charge on any atom is -0.323 e. The number of hydrogen-bond donors (Lipinski definition) is 2. The third-order valence-corrected chi connectivity index (χ3v) is 4.84. The van der Waals surface area contributed by atoms with E-state index in [0.717, 1.165) is 17.7 Å².